The fourth-order valence-electron chi connectivity index (χ4n) is 2.21. The number of nitrogens with zero attached hydrogens (tertiary/aromatic N) is 2. The first kappa shape index (κ1) is 16.3. The number of hydrogen-bond donors (Lipinski definition) is 2. The molecule has 0 fully saturated rings. The number of halogens is 1. The van der Waals surface area contributed by atoms with Crippen LogP contribution < -0.4 is 11.3 Å². The molecule has 21 heavy (non-hydrogen) atoms. The molecule has 0 aliphatic rings. The van der Waals surface area contributed by atoms with Gasteiger partial charge in [0, 0.05) is 20.6 Å². The van der Waals surface area contributed by atoms with E-state index in [0.29, 0.717) is 11.7 Å². The molecule has 0 amide bonds. The molecule has 1 aromatic heterocycles. The van der Waals surface area contributed by atoms with Gasteiger partial charge >= 0.3 is 0 Å². The average molecular weight is 367 g/mol. The maximum atomic E-state index is 5.60. The zero-order valence-corrected chi connectivity index (χ0v) is 14.8. The molecule has 2 aromatic rings. The number of benzene rings is 1. The Morgan fingerprint density at radius 3 is 2.71 bits per heavy atom. The summed E-state index contributed by atoms with van der Waals surface area (Å²) in [4.78, 5) is 10.3. The van der Waals surface area contributed by atoms with Crippen LogP contribution in [0.15, 0.2) is 33.6 Å². The van der Waals surface area contributed by atoms with Crippen LogP contribution in [0.2, 0.25) is 0 Å². The van der Waals surface area contributed by atoms with Gasteiger partial charge in [-0.15, -0.1) is 11.8 Å². The number of hydrogen-bond acceptors (Lipinski definition) is 5. The van der Waals surface area contributed by atoms with Crippen LogP contribution in [0.5, 0.6) is 0 Å². The number of thioether (sulfide) groups is 1. The van der Waals surface area contributed by atoms with Crippen LogP contribution in [0, 0.1) is 6.92 Å². The standard InChI is InChI=1S/C15H19BrN4S/c1-9(2)14-10(3)18-13(19-15(14)20-17)8-21-12-6-4-5-11(16)7-12/h4-7,9H,8,17H2,1-3H3,(H,18,19,20). The molecule has 0 saturated carbocycles. The fourth-order valence-corrected chi connectivity index (χ4v) is 3.57. The molecule has 0 spiro atoms. The maximum absolute atomic E-state index is 5.60. The summed E-state index contributed by atoms with van der Waals surface area (Å²) in [6, 6.07) is 8.20. The number of aryl methyl sites for hydroxylation is 1. The molecule has 0 atom stereocenters. The molecule has 2 rings (SSSR count). The van der Waals surface area contributed by atoms with Crippen molar-refractivity contribution in [2.24, 2.45) is 5.84 Å². The van der Waals surface area contributed by atoms with Gasteiger partial charge in [0.1, 0.15) is 11.6 Å². The Morgan fingerprint density at radius 2 is 2.10 bits per heavy atom. The minimum atomic E-state index is 0.336. The number of nitrogens with two attached hydrogens (primary N) is 1. The molecule has 112 valence electrons. The summed E-state index contributed by atoms with van der Waals surface area (Å²) < 4.78 is 1.07. The van der Waals surface area contributed by atoms with Crippen molar-refractivity contribution in [1.82, 2.24) is 9.97 Å². The van der Waals surface area contributed by atoms with Crippen LogP contribution in [-0.4, -0.2) is 9.97 Å². The summed E-state index contributed by atoms with van der Waals surface area (Å²) in [5.74, 6) is 8.16. The summed E-state index contributed by atoms with van der Waals surface area (Å²) in [6.45, 7) is 6.23. The highest BCUT2D eigenvalue weighted by molar-refractivity contribution is 9.10. The summed E-state index contributed by atoms with van der Waals surface area (Å²) in [5, 5.41) is 0. The molecular weight excluding hydrogens is 348 g/mol. The first-order valence-corrected chi connectivity index (χ1v) is 8.51. The molecule has 0 aliphatic carbocycles. The van der Waals surface area contributed by atoms with Crippen molar-refractivity contribution in [1.29, 1.82) is 0 Å². The van der Waals surface area contributed by atoms with Crippen molar-refractivity contribution in [3.8, 4) is 0 Å². The van der Waals surface area contributed by atoms with E-state index in [1.807, 2.05) is 19.1 Å². The Morgan fingerprint density at radius 1 is 1.33 bits per heavy atom. The van der Waals surface area contributed by atoms with Gasteiger partial charge < -0.3 is 5.43 Å². The molecular formula is C15H19BrN4S. The van der Waals surface area contributed by atoms with E-state index < -0.39 is 0 Å². The molecule has 0 bridgehead atoms. The van der Waals surface area contributed by atoms with Crippen molar-refractivity contribution in [2.75, 3.05) is 5.43 Å². The van der Waals surface area contributed by atoms with Gasteiger partial charge in [-0.1, -0.05) is 35.8 Å². The normalized spacial score (nSPS) is 11.0. The van der Waals surface area contributed by atoms with Gasteiger partial charge in [0.25, 0.3) is 0 Å². The van der Waals surface area contributed by atoms with E-state index in [4.69, 9.17) is 5.84 Å². The highest BCUT2D eigenvalue weighted by Crippen LogP contribution is 2.28. The third-order valence-corrected chi connectivity index (χ3v) is 4.54. The second kappa shape index (κ2) is 7.24. The fraction of sp³-hybridized carbons (Fsp3) is 0.333. The molecule has 0 saturated heterocycles. The second-order valence-electron chi connectivity index (χ2n) is 5.03. The number of aromatic nitrogens is 2. The molecule has 4 nitrogen and oxygen atoms in total. The lowest BCUT2D eigenvalue weighted by Gasteiger charge is -2.15. The first-order chi connectivity index (χ1) is 10.0. The van der Waals surface area contributed by atoms with Crippen molar-refractivity contribution < 1.29 is 0 Å². The summed E-state index contributed by atoms with van der Waals surface area (Å²) in [6.07, 6.45) is 0. The number of rotatable bonds is 5. The molecule has 1 heterocycles. The minimum Gasteiger partial charge on any atom is -0.308 e. The van der Waals surface area contributed by atoms with Gasteiger partial charge in [-0.2, -0.15) is 0 Å². The number of nitrogens with one attached hydrogen (secondary N) is 1. The smallest absolute Gasteiger partial charge is 0.147 e. The predicted molar refractivity (Wildman–Crippen MR) is 92.4 cm³/mol. The first-order valence-electron chi connectivity index (χ1n) is 6.73. The van der Waals surface area contributed by atoms with E-state index >= 15 is 0 Å². The summed E-state index contributed by atoms with van der Waals surface area (Å²) >= 11 is 5.18. The number of nitrogen functional groups attached to an aromatic ring is 1. The van der Waals surface area contributed by atoms with Crippen molar-refractivity contribution in [2.45, 2.75) is 37.3 Å². The quantitative estimate of drug-likeness (QED) is 0.470. The lowest BCUT2D eigenvalue weighted by Crippen LogP contribution is -2.15. The Hall–Kier alpha value is -1.11. The van der Waals surface area contributed by atoms with Crippen molar-refractivity contribution in [3.05, 3.63) is 45.8 Å². The van der Waals surface area contributed by atoms with E-state index in [1.165, 1.54) is 4.90 Å². The Bertz CT molecular complexity index is 631. The van der Waals surface area contributed by atoms with Gasteiger partial charge in [0.2, 0.25) is 0 Å². The van der Waals surface area contributed by atoms with E-state index in [0.717, 1.165) is 27.4 Å². The Labute approximate surface area is 138 Å². The van der Waals surface area contributed by atoms with Crippen LogP contribution in [0.3, 0.4) is 0 Å². The third-order valence-electron chi connectivity index (χ3n) is 3.06. The largest absolute Gasteiger partial charge is 0.308 e. The molecule has 0 unspecified atom stereocenters. The molecule has 0 aliphatic heterocycles. The second-order valence-corrected chi connectivity index (χ2v) is 7.00. The number of anilines is 1. The van der Waals surface area contributed by atoms with Crippen LogP contribution in [0.25, 0.3) is 0 Å². The van der Waals surface area contributed by atoms with Gasteiger partial charge in [-0.25, -0.2) is 15.8 Å². The van der Waals surface area contributed by atoms with E-state index in [-0.39, 0.29) is 0 Å². The van der Waals surface area contributed by atoms with Crippen LogP contribution in [0.4, 0.5) is 5.82 Å². The summed E-state index contributed by atoms with van der Waals surface area (Å²) in [7, 11) is 0. The predicted octanol–water partition coefficient (Wildman–Crippen LogP) is 4.25. The lowest BCUT2D eigenvalue weighted by atomic mass is 10.0. The van der Waals surface area contributed by atoms with Crippen molar-refractivity contribution in [3.63, 3.8) is 0 Å². The van der Waals surface area contributed by atoms with Crippen LogP contribution in [0.1, 0.15) is 36.8 Å². The average Bonchev–Trinajstić information content (AvgIpc) is 2.44. The third kappa shape index (κ3) is 4.18. The highest BCUT2D eigenvalue weighted by atomic mass is 79.9. The minimum absolute atomic E-state index is 0.336. The molecule has 6 heteroatoms. The van der Waals surface area contributed by atoms with Crippen LogP contribution >= 0.6 is 27.7 Å². The zero-order chi connectivity index (χ0) is 15.4. The van der Waals surface area contributed by atoms with Gasteiger partial charge in [-0.3, -0.25) is 0 Å². The van der Waals surface area contributed by atoms with Gasteiger partial charge in [-0.05, 0) is 31.0 Å². The zero-order valence-electron chi connectivity index (χ0n) is 12.4. The Kier molecular flexibility index (Phi) is 5.61. The maximum Gasteiger partial charge on any atom is 0.147 e. The van der Waals surface area contributed by atoms with Gasteiger partial charge in [0.15, 0.2) is 0 Å². The topological polar surface area (TPSA) is 63.8 Å². The number of hydrazine groups is 1. The van der Waals surface area contributed by atoms with E-state index in [9.17, 15) is 0 Å². The SMILES string of the molecule is Cc1nc(CSc2cccc(Br)c2)nc(NN)c1C(C)C. The summed E-state index contributed by atoms with van der Waals surface area (Å²) in [5.41, 5.74) is 4.76. The van der Waals surface area contributed by atoms with Gasteiger partial charge in [0.05, 0.1) is 5.75 Å². The highest BCUT2D eigenvalue weighted by Gasteiger charge is 2.14. The van der Waals surface area contributed by atoms with E-state index in [1.54, 1.807) is 11.8 Å². The monoisotopic (exact) mass is 366 g/mol. The lowest BCUT2D eigenvalue weighted by molar-refractivity contribution is 0.818. The molecule has 1 aromatic carbocycles. The van der Waals surface area contributed by atoms with Crippen molar-refractivity contribution >= 4 is 33.5 Å². The molecule has 0 radical (unpaired) electrons. The van der Waals surface area contributed by atoms with E-state index in [2.05, 4.69) is 57.3 Å². The molecule has 3 N–H and O–H groups in total. The van der Waals surface area contributed by atoms with Crippen LogP contribution in [-0.2, 0) is 5.75 Å². The Balaban J connectivity index is 2.19.